The van der Waals surface area contributed by atoms with E-state index < -0.39 is 17.8 Å². The molecule has 1 amide bonds. The fraction of sp³-hybridized carbons (Fsp3) is 0.538. The molecule has 1 aromatic rings. The summed E-state index contributed by atoms with van der Waals surface area (Å²) in [6.07, 6.45) is -2.45. The van der Waals surface area contributed by atoms with E-state index in [0.717, 1.165) is 25.1 Å². The van der Waals surface area contributed by atoms with Gasteiger partial charge in [0.05, 0.1) is 11.6 Å². The zero-order valence-electron chi connectivity index (χ0n) is 11.4. The van der Waals surface area contributed by atoms with Gasteiger partial charge in [-0.3, -0.25) is 0 Å². The van der Waals surface area contributed by atoms with E-state index in [1.165, 1.54) is 0 Å². The third-order valence-electron chi connectivity index (χ3n) is 3.55. The van der Waals surface area contributed by atoms with Gasteiger partial charge in [0.15, 0.2) is 0 Å². The quantitative estimate of drug-likeness (QED) is 0.802. The molecule has 0 aromatic carbocycles. The van der Waals surface area contributed by atoms with Crippen molar-refractivity contribution in [3.63, 3.8) is 0 Å². The first kappa shape index (κ1) is 15.4. The van der Waals surface area contributed by atoms with Gasteiger partial charge < -0.3 is 15.7 Å². The van der Waals surface area contributed by atoms with Crippen LogP contribution in [-0.4, -0.2) is 28.3 Å². The lowest BCUT2D eigenvalue weighted by atomic mass is 10.1. The van der Waals surface area contributed by atoms with Gasteiger partial charge in [-0.25, -0.2) is 9.78 Å². The first-order valence-corrected chi connectivity index (χ1v) is 6.57. The van der Waals surface area contributed by atoms with Crippen molar-refractivity contribution in [1.82, 2.24) is 10.3 Å². The number of amides is 1. The maximum Gasteiger partial charge on any atom is 0.417 e. The van der Waals surface area contributed by atoms with E-state index in [2.05, 4.69) is 15.6 Å². The second-order valence-electron chi connectivity index (χ2n) is 5.12. The van der Waals surface area contributed by atoms with Crippen molar-refractivity contribution < 1.29 is 23.1 Å². The van der Waals surface area contributed by atoms with Crippen LogP contribution in [0, 0.1) is 6.92 Å². The van der Waals surface area contributed by atoms with Crippen LogP contribution in [0.3, 0.4) is 0 Å². The van der Waals surface area contributed by atoms with Crippen LogP contribution in [0.4, 0.5) is 23.8 Å². The monoisotopic (exact) mass is 303 g/mol. The highest BCUT2D eigenvalue weighted by Crippen LogP contribution is 2.31. The SMILES string of the molecule is Cc1cc(C(F)(F)F)cnc1N[C@H]1CCC[C@@H]1NC(=O)O. The molecule has 116 valence electrons. The van der Waals surface area contributed by atoms with Gasteiger partial charge in [-0.15, -0.1) is 0 Å². The number of nitrogens with zero attached hydrogens (tertiary/aromatic N) is 1. The van der Waals surface area contributed by atoms with E-state index >= 15 is 0 Å². The topological polar surface area (TPSA) is 74.2 Å². The number of carbonyl (C=O) groups is 1. The Morgan fingerprint density at radius 2 is 2.05 bits per heavy atom. The third-order valence-corrected chi connectivity index (χ3v) is 3.55. The number of halogens is 3. The largest absolute Gasteiger partial charge is 0.465 e. The van der Waals surface area contributed by atoms with Crippen LogP contribution in [-0.2, 0) is 6.18 Å². The van der Waals surface area contributed by atoms with Crippen LogP contribution in [0.1, 0.15) is 30.4 Å². The molecule has 0 aliphatic heterocycles. The normalized spacial score (nSPS) is 22.1. The van der Waals surface area contributed by atoms with Crippen LogP contribution in [0.15, 0.2) is 12.3 Å². The molecule has 0 spiro atoms. The summed E-state index contributed by atoms with van der Waals surface area (Å²) in [4.78, 5) is 14.5. The van der Waals surface area contributed by atoms with Crippen LogP contribution in [0.5, 0.6) is 0 Å². The molecule has 1 aliphatic carbocycles. The van der Waals surface area contributed by atoms with Gasteiger partial charge in [0.1, 0.15) is 5.82 Å². The summed E-state index contributed by atoms with van der Waals surface area (Å²) in [6.45, 7) is 1.54. The number of anilines is 1. The van der Waals surface area contributed by atoms with Crippen LogP contribution >= 0.6 is 0 Å². The number of alkyl halides is 3. The summed E-state index contributed by atoms with van der Waals surface area (Å²) in [5.74, 6) is 0.354. The second kappa shape index (κ2) is 5.79. The standard InChI is InChI=1S/C13H16F3N3O2/c1-7-5-8(13(14,15)16)6-17-11(7)18-9-3-2-4-10(9)19-12(20)21/h5-6,9-10,19H,2-4H2,1H3,(H,17,18)(H,20,21)/t9-,10-/m0/s1. The van der Waals surface area contributed by atoms with Crippen molar-refractivity contribution in [3.8, 4) is 0 Å². The Balaban J connectivity index is 2.11. The molecule has 1 aromatic heterocycles. The average Bonchev–Trinajstić information content (AvgIpc) is 2.77. The number of rotatable bonds is 3. The van der Waals surface area contributed by atoms with Crippen LogP contribution < -0.4 is 10.6 Å². The number of nitrogens with one attached hydrogen (secondary N) is 2. The summed E-state index contributed by atoms with van der Waals surface area (Å²) in [7, 11) is 0. The van der Waals surface area contributed by atoms with Gasteiger partial charge in [-0.05, 0) is 37.8 Å². The van der Waals surface area contributed by atoms with E-state index in [1.54, 1.807) is 6.92 Å². The molecule has 0 radical (unpaired) electrons. The minimum Gasteiger partial charge on any atom is -0.465 e. The Labute approximate surface area is 119 Å². The van der Waals surface area contributed by atoms with Gasteiger partial charge >= 0.3 is 12.3 Å². The molecule has 2 atom stereocenters. The molecule has 0 unspecified atom stereocenters. The first-order chi connectivity index (χ1) is 9.77. The maximum absolute atomic E-state index is 12.6. The van der Waals surface area contributed by atoms with E-state index in [0.29, 0.717) is 17.8 Å². The molecule has 5 nitrogen and oxygen atoms in total. The van der Waals surface area contributed by atoms with Gasteiger partial charge in [-0.2, -0.15) is 13.2 Å². The fourth-order valence-corrected chi connectivity index (χ4v) is 2.52. The second-order valence-corrected chi connectivity index (χ2v) is 5.12. The van der Waals surface area contributed by atoms with Crippen molar-refractivity contribution >= 4 is 11.9 Å². The highest BCUT2D eigenvalue weighted by atomic mass is 19.4. The number of aromatic nitrogens is 1. The zero-order chi connectivity index (χ0) is 15.6. The van der Waals surface area contributed by atoms with Crippen molar-refractivity contribution in [2.45, 2.75) is 44.4 Å². The Bertz CT molecular complexity index is 534. The predicted molar refractivity (Wildman–Crippen MR) is 70.2 cm³/mol. The van der Waals surface area contributed by atoms with Crippen LogP contribution in [0.25, 0.3) is 0 Å². The Morgan fingerprint density at radius 1 is 1.38 bits per heavy atom. The number of pyridine rings is 1. The summed E-state index contributed by atoms with van der Waals surface area (Å²) in [5, 5.41) is 14.2. The highest BCUT2D eigenvalue weighted by Gasteiger charge is 2.32. The average molecular weight is 303 g/mol. The Morgan fingerprint density at radius 3 is 2.62 bits per heavy atom. The molecule has 2 rings (SSSR count). The molecule has 1 saturated carbocycles. The lowest BCUT2D eigenvalue weighted by Gasteiger charge is -2.22. The highest BCUT2D eigenvalue weighted by molar-refractivity contribution is 5.65. The molecule has 8 heteroatoms. The van der Waals surface area contributed by atoms with Gasteiger partial charge in [0, 0.05) is 12.2 Å². The summed E-state index contributed by atoms with van der Waals surface area (Å²) in [5.41, 5.74) is -0.414. The van der Waals surface area contributed by atoms with Gasteiger partial charge in [0.2, 0.25) is 0 Å². The lowest BCUT2D eigenvalue weighted by molar-refractivity contribution is -0.137. The number of hydrogen-bond donors (Lipinski definition) is 3. The third kappa shape index (κ3) is 3.77. The molecule has 1 aliphatic rings. The molecular weight excluding hydrogens is 287 g/mol. The Hall–Kier alpha value is -1.99. The molecule has 1 fully saturated rings. The van der Waals surface area contributed by atoms with E-state index in [4.69, 9.17) is 5.11 Å². The van der Waals surface area contributed by atoms with Crippen LogP contribution in [0.2, 0.25) is 0 Å². The van der Waals surface area contributed by atoms with E-state index in [-0.39, 0.29) is 12.1 Å². The van der Waals surface area contributed by atoms with E-state index in [1.807, 2.05) is 0 Å². The van der Waals surface area contributed by atoms with Crippen molar-refractivity contribution in [2.75, 3.05) is 5.32 Å². The first-order valence-electron chi connectivity index (χ1n) is 6.57. The van der Waals surface area contributed by atoms with Gasteiger partial charge in [0.25, 0.3) is 0 Å². The van der Waals surface area contributed by atoms with Crippen molar-refractivity contribution in [3.05, 3.63) is 23.4 Å². The van der Waals surface area contributed by atoms with Crippen molar-refractivity contribution in [2.24, 2.45) is 0 Å². The number of carboxylic acid groups (broad SMARTS) is 1. The zero-order valence-corrected chi connectivity index (χ0v) is 11.4. The molecular formula is C13H16F3N3O2. The molecule has 21 heavy (non-hydrogen) atoms. The summed E-state index contributed by atoms with van der Waals surface area (Å²) >= 11 is 0. The maximum atomic E-state index is 12.6. The lowest BCUT2D eigenvalue weighted by Crippen LogP contribution is -2.42. The number of aryl methyl sites for hydroxylation is 1. The fourth-order valence-electron chi connectivity index (χ4n) is 2.52. The summed E-state index contributed by atoms with van der Waals surface area (Å²) < 4.78 is 37.7. The molecule has 0 bridgehead atoms. The van der Waals surface area contributed by atoms with Gasteiger partial charge in [-0.1, -0.05) is 0 Å². The molecule has 3 N–H and O–H groups in total. The molecule has 0 saturated heterocycles. The molecule has 1 heterocycles. The van der Waals surface area contributed by atoms with E-state index in [9.17, 15) is 18.0 Å². The number of hydrogen-bond acceptors (Lipinski definition) is 3. The van der Waals surface area contributed by atoms with Crippen molar-refractivity contribution in [1.29, 1.82) is 0 Å². The minimum atomic E-state index is -4.42. The Kier molecular flexibility index (Phi) is 4.24. The summed E-state index contributed by atoms with van der Waals surface area (Å²) in [6, 6.07) is 0.610. The minimum absolute atomic E-state index is 0.163. The predicted octanol–water partition coefficient (Wildman–Crippen LogP) is 3.01. The smallest absolute Gasteiger partial charge is 0.417 e.